The molecule has 2 aromatic heterocycles. The van der Waals surface area contributed by atoms with Gasteiger partial charge in [0, 0.05) is 30.8 Å². The molecule has 3 aromatic rings. The topological polar surface area (TPSA) is 118 Å². The highest BCUT2D eigenvalue weighted by molar-refractivity contribution is 5.80. The number of halogens is 1. The van der Waals surface area contributed by atoms with Gasteiger partial charge in [0.05, 0.1) is 24.2 Å². The van der Waals surface area contributed by atoms with Gasteiger partial charge < -0.3 is 34.1 Å². The number of aliphatic hydroxyl groups is 2. The largest absolute Gasteiger partial charge is 0.470 e. The Kier molecular flexibility index (Phi) is 6.87. The molecule has 2 aliphatic heterocycles. The standard InChI is InChI=1S/C27H32FN3O6/c1-34-27(33)29-17-8-6-15(7-9-17)14-2-4-16(5-3-14)24-18(28)10-19-20(31-24)11-23(30-19)37-22-13-36-25-21(32)12-35-26(22)25/h2-5,10-11,15,17,21-22,25-27,29-30,32-33H,6-9,12-13H2,1H3/t15-,17-,21-,22-,25-,26-,27?/m1/s1. The zero-order chi connectivity index (χ0) is 25.5. The first-order chi connectivity index (χ1) is 18.0. The first-order valence-corrected chi connectivity index (χ1v) is 12.8. The van der Waals surface area contributed by atoms with Gasteiger partial charge in [-0.1, -0.05) is 24.3 Å². The summed E-state index contributed by atoms with van der Waals surface area (Å²) in [6.07, 6.45) is 1.29. The zero-order valence-corrected chi connectivity index (χ0v) is 20.6. The highest BCUT2D eigenvalue weighted by Gasteiger charge is 2.48. The molecule has 37 heavy (non-hydrogen) atoms. The van der Waals surface area contributed by atoms with Gasteiger partial charge in [-0.3, -0.25) is 5.32 Å². The smallest absolute Gasteiger partial charge is 0.213 e. The fourth-order valence-electron chi connectivity index (χ4n) is 5.76. The lowest BCUT2D eigenvalue weighted by Crippen LogP contribution is -2.41. The minimum Gasteiger partial charge on any atom is -0.470 e. The number of aromatic nitrogens is 2. The summed E-state index contributed by atoms with van der Waals surface area (Å²) in [5.41, 5.74) is 3.37. The number of fused-ring (bicyclic) bond motifs is 2. The van der Waals surface area contributed by atoms with E-state index in [1.165, 1.54) is 18.7 Å². The molecule has 9 nitrogen and oxygen atoms in total. The van der Waals surface area contributed by atoms with E-state index in [0.717, 1.165) is 25.7 Å². The fraction of sp³-hybridized carbons (Fsp3) is 0.519. The van der Waals surface area contributed by atoms with Crippen LogP contribution >= 0.6 is 0 Å². The number of benzene rings is 1. The summed E-state index contributed by atoms with van der Waals surface area (Å²) in [6.45, 7) is 0.544. The molecule has 0 spiro atoms. The lowest BCUT2D eigenvalue weighted by atomic mass is 9.81. The second kappa shape index (κ2) is 10.3. The summed E-state index contributed by atoms with van der Waals surface area (Å²) in [7, 11) is 1.47. The molecule has 2 saturated heterocycles. The Morgan fingerprint density at radius 2 is 1.84 bits per heavy atom. The Bertz CT molecular complexity index is 1230. The number of aliphatic hydroxyl groups excluding tert-OH is 2. The van der Waals surface area contributed by atoms with Crippen LogP contribution in [0.3, 0.4) is 0 Å². The number of ether oxygens (including phenoxy) is 4. The second-order valence-corrected chi connectivity index (χ2v) is 10.1. The van der Waals surface area contributed by atoms with Crippen molar-refractivity contribution in [2.24, 2.45) is 0 Å². The average molecular weight is 514 g/mol. The lowest BCUT2D eigenvalue weighted by Gasteiger charge is -2.30. The van der Waals surface area contributed by atoms with Crippen molar-refractivity contribution in [1.29, 1.82) is 0 Å². The van der Waals surface area contributed by atoms with Gasteiger partial charge in [-0.15, -0.1) is 0 Å². The molecule has 1 saturated carbocycles. The van der Waals surface area contributed by atoms with Gasteiger partial charge in [0.25, 0.3) is 0 Å². The molecule has 5 atom stereocenters. The first-order valence-electron chi connectivity index (χ1n) is 12.8. The van der Waals surface area contributed by atoms with Crippen molar-refractivity contribution in [3.63, 3.8) is 0 Å². The van der Waals surface area contributed by atoms with Gasteiger partial charge in [0.1, 0.15) is 24.0 Å². The van der Waals surface area contributed by atoms with E-state index in [-0.39, 0.29) is 36.7 Å². The van der Waals surface area contributed by atoms with Gasteiger partial charge in [-0.05, 0) is 37.2 Å². The second-order valence-electron chi connectivity index (χ2n) is 10.1. The third-order valence-electron chi connectivity index (χ3n) is 7.78. The third kappa shape index (κ3) is 4.97. The van der Waals surface area contributed by atoms with Crippen molar-refractivity contribution >= 4 is 11.0 Å². The summed E-state index contributed by atoms with van der Waals surface area (Å²) in [4.78, 5) is 7.65. The lowest BCUT2D eigenvalue weighted by molar-refractivity contribution is -0.105. The van der Waals surface area contributed by atoms with E-state index in [1.54, 1.807) is 6.07 Å². The maximum absolute atomic E-state index is 15.0. The van der Waals surface area contributed by atoms with Crippen molar-refractivity contribution in [3.8, 4) is 17.1 Å². The number of methoxy groups -OCH3 is 1. The number of nitrogens with zero attached hydrogens (tertiary/aromatic N) is 1. The molecule has 3 aliphatic rings. The van der Waals surface area contributed by atoms with E-state index < -0.39 is 18.3 Å². The van der Waals surface area contributed by atoms with Gasteiger partial charge in [0.2, 0.25) is 6.41 Å². The van der Waals surface area contributed by atoms with Crippen LogP contribution in [0.15, 0.2) is 36.4 Å². The first kappa shape index (κ1) is 24.7. The number of rotatable bonds is 7. The summed E-state index contributed by atoms with van der Waals surface area (Å²) >= 11 is 0. The van der Waals surface area contributed by atoms with Crippen LogP contribution in [0.1, 0.15) is 37.2 Å². The van der Waals surface area contributed by atoms with Crippen molar-refractivity contribution in [2.45, 2.75) is 68.5 Å². The van der Waals surface area contributed by atoms with Crippen molar-refractivity contribution in [3.05, 3.63) is 47.8 Å². The van der Waals surface area contributed by atoms with Crippen molar-refractivity contribution in [1.82, 2.24) is 15.3 Å². The molecular formula is C27H32FN3O6. The van der Waals surface area contributed by atoms with Crippen LogP contribution < -0.4 is 10.1 Å². The van der Waals surface area contributed by atoms with E-state index in [0.29, 0.717) is 35.0 Å². The van der Waals surface area contributed by atoms with E-state index in [1.807, 2.05) is 12.1 Å². The molecule has 6 rings (SSSR count). The molecule has 0 bridgehead atoms. The van der Waals surface area contributed by atoms with Gasteiger partial charge in [-0.2, -0.15) is 0 Å². The van der Waals surface area contributed by atoms with Crippen LogP contribution in [0.25, 0.3) is 22.3 Å². The Labute approximate surface area is 213 Å². The van der Waals surface area contributed by atoms with Crippen LogP contribution in [-0.4, -0.2) is 77.4 Å². The molecule has 1 aliphatic carbocycles. The summed E-state index contributed by atoms with van der Waals surface area (Å²) in [5.74, 6) is 0.473. The molecule has 4 N–H and O–H groups in total. The molecule has 198 valence electrons. The Morgan fingerprint density at radius 3 is 2.59 bits per heavy atom. The molecule has 0 radical (unpaired) electrons. The van der Waals surface area contributed by atoms with Crippen LogP contribution in [0.2, 0.25) is 0 Å². The highest BCUT2D eigenvalue weighted by atomic mass is 19.1. The van der Waals surface area contributed by atoms with E-state index >= 15 is 4.39 Å². The Morgan fingerprint density at radius 1 is 1.08 bits per heavy atom. The molecule has 3 fully saturated rings. The fourth-order valence-corrected chi connectivity index (χ4v) is 5.76. The van der Waals surface area contributed by atoms with Crippen LogP contribution in [-0.2, 0) is 14.2 Å². The predicted molar refractivity (Wildman–Crippen MR) is 133 cm³/mol. The van der Waals surface area contributed by atoms with Gasteiger partial charge >= 0.3 is 0 Å². The minimum absolute atomic E-state index is 0.230. The quantitative estimate of drug-likeness (QED) is 0.356. The van der Waals surface area contributed by atoms with Gasteiger partial charge in [0.15, 0.2) is 17.8 Å². The van der Waals surface area contributed by atoms with Crippen molar-refractivity contribution < 1.29 is 33.6 Å². The van der Waals surface area contributed by atoms with Crippen LogP contribution in [0, 0.1) is 5.82 Å². The number of aromatic amines is 1. The SMILES string of the molecule is COC(O)N[C@H]1CC[C@H](c2ccc(-c3nc4cc(O[C@@H]5CO[C@H]6[C@@H]5OC[C@H]6O)[nH]c4cc3F)cc2)CC1. The zero-order valence-electron chi connectivity index (χ0n) is 20.6. The number of nitrogens with one attached hydrogen (secondary N) is 2. The summed E-state index contributed by atoms with van der Waals surface area (Å²) in [5, 5.41) is 22.6. The molecule has 1 unspecified atom stereocenters. The Hall–Kier alpha value is -2.60. The molecule has 4 heterocycles. The summed E-state index contributed by atoms with van der Waals surface area (Å²) < 4.78 is 37.2. The van der Waals surface area contributed by atoms with E-state index in [2.05, 4.69) is 27.4 Å². The van der Waals surface area contributed by atoms with Crippen LogP contribution in [0.5, 0.6) is 5.88 Å². The van der Waals surface area contributed by atoms with Crippen LogP contribution in [0.4, 0.5) is 4.39 Å². The van der Waals surface area contributed by atoms with E-state index in [9.17, 15) is 10.2 Å². The molecular weight excluding hydrogens is 481 g/mol. The van der Waals surface area contributed by atoms with Gasteiger partial charge in [-0.25, -0.2) is 9.37 Å². The Balaban J connectivity index is 1.13. The predicted octanol–water partition coefficient (Wildman–Crippen LogP) is 2.81. The maximum atomic E-state index is 15.0. The third-order valence-corrected chi connectivity index (χ3v) is 7.78. The number of hydrogen-bond donors (Lipinski definition) is 4. The van der Waals surface area contributed by atoms with Crippen molar-refractivity contribution in [2.75, 3.05) is 20.3 Å². The van der Waals surface area contributed by atoms with E-state index in [4.69, 9.17) is 18.9 Å². The number of pyridine rings is 1. The minimum atomic E-state index is -0.928. The molecule has 0 amide bonds. The average Bonchev–Trinajstić information content (AvgIpc) is 3.60. The molecule has 1 aromatic carbocycles. The summed E-state index contributed by atoms with van der Waals surface area (Å²) in [6, 6.07) is 11.4. The molecule has 10 heteroatoms. The monoisotopic (exact) mass is 513 g/mol. The maximum Gasteiger partial charge on any atom is 0.213 e. The number of hydrogen-bond acceptors (Lipinski definition) is 8. The number of H-pyrrole nitrogens is 1. The normalized spacial score (nSPS) is 30.5. The highest BCUT2D eigenvalue weighted by Crippen LogP contribution is 2.35.